The molecule has 0 aliphatic carbocycles. The molecule has 0 aromatic heterocycles. The number of allylic oxidation sites excluding steroid dienone is 1. The number of hydrogen-bond acceptors (Lipinski definition) is 6. The van der Waals surface area contributed by atoms with Gasteiger partial charge in [0.15, 0.2) is 0 Å². The molecule has 6 nitrogen and oxygen atoms in total. The number of halogens is 3. The van der Waals surface area contributed by atoms with E-state index < -0.39 is 17.7 Å². The summed E-state index contributed by atoms with van der Waals surface area (Å²) in [5.41, 5.74) is 4.21. The molecule has 0 radical (unpaired) electrons. The van der Waals surface area contributed by atoms with Gasteiger partial charge in [0, 0.05) is 44.7 Å². The largest absolute Gasteiger partial charge is 0.491 e. The van der Waals surface area contributed by atoms with Gasteiger partial charge in [-0.3, -0.25) is 4.90 Å². The summed E-state index contributed by atoms with van der Waals surface area (Å²) in [7, 11) is 0. The van der Waals surface area contributed by atoms with E-state index in [0.717, 1.165) is 43.4 Å². The Morgan fingerprint density at radius 3 is 2.10 bits per heavy atom. The van der Waals surface area contributed by atoms with E-state index in [4.69, 9.17) is 4.74 Å². The van der Waals surface area contributed by atoms with Gasteiger partial charge >= 0.3 is 6.18 Å². The van der Waals surface area contributed by atoms with Crippen molar-refractivity contribution in [2.24, 2.45) is 0 Å². The highest BCUT2D eigenvalue weighted by Gasteiger charge is 2.33. The maximum Gasteiger partial charge on any atom is 0.411 e. The summed E-state index contributed by atoms with van der Waals surface area (Å²) in [6.45, 7) is 20.5. The fraction of sp³-hybridized carbons (Fsp3) is 0.500. The van der Waals surface area contributed by atoms with Gasteiger partial charge in [-0.05, 0) is 76.3 Å². The number of ether oxygens (including phenoxy) is 1. The molecule has 3 N–H and O–H groups in total. The maximum absolute atomic E-state index is 11.1. The lowest BCUT2D eigenvalue weighted by molar-refractivity contribution is -0.256. The Labute approximate surface area is 243 Å². The van der Waals surface area contributed by atoms with Crippen LogP contribution in [0.3, 0.4) is 0 Å². The lowest BCUT2D eigenvalue weighted by Crippen LogP contribution is -2.53. The minimum Gasteiger partial charge on any atom is -0.491 e. The summed E-state index contributed by atoms with van der Waals surface area (Å²) < 4.78 is 39.0. The summed E-state index contributed by atoms with van der Waals surface area (Å²) in [6.07, 6.45) is -2.36. The minimum absolute atomic E-state index is 0.156. The van der Waals surface area contributed by atoms with E-state index in [1.165, 1.54) is 23.6 Å². The Hall–Kier alpha value is -3.01. The van der Waals surface area contributed by atoms with Gasteiger partial charge in [0.1, 0.15) is 5.75 Å². The molecule has 1 fully saturated rings. The molecule has 3 rings (SSSR count). The van der Waals surface area contributed by atoms with Gasteiger partial charge in [-0.1, -0.05) is 49.1 Å². The van der Waals surface area contributed by atoms with Crippen LogP contribution in [0, 0.1) is 13.8 Å². The third-order valence-corrected chi connectivity index (χ3v) is 6.97. The third kappa shape index (κ3) is 11.4. The van der Waals surface area contributed by atoms with Crippen molar-refractivity contribution >= 4 is 0 Å². The molecular weight excluding hydrogens is 531 g/mol. The zero-order chi connectivity index (χ0) is 31.0. The van der Waals surface area contributed by atoms with Gasteiger partial charge in [0.25, 0.3) is 0 Å². The molecule has 2 aromatic rings. The van der Waals surface area contributed by atoms with E-state index in [9.17, 15) is 23.4 Å². The predicted molar refractivity (Wildman–Crippen MR) is 158 cm³/mol. The van der Waals surface area contributed by atoms with Crippen molar-refractivity contribution in [3.8, 4) is 5.75 Å². The molecule has 41 heavy (non-hydrogen) atoms. The van der Waals surface area contributed by atoms with Crippen LogP contribution in [0.2, 0.25) is 0 Å². The molecule has 2 aromatic carbocycles. The smallest absolute Gasteiger partial charge is 0.411 e. The van der Waals surface area contributed by atoms with Crippen LogP contribution in [0.4, 0.5) is 13.2 Å². The van der Waals surface area contributed by atoms with E-state index in [0.29, 0.717) is 19.6 Å². The molecule has 0 bridgehead atoms. The van der Waals surface area contributed by atoms with E-state index in [1.807, 2.05) is 26.0 Å². The van der Waals surface area contributed by atoms with Crippen LogP contribution in [-0.4, -0.2) is 57.3 Å². The van der Waals surface area contributed by atoms with Gasteiger partial charge in [-0.15, -0.1) is 0 Å². The molecule has 1 saturated heterocycles. The quantitative estimate of drug-likeness (QED) is 0.224. The standard InChI is InChI=1S/C28H41N3O3.C4H5F3/c1-20(2)34-27-11-8-24(9-12-27)18-29-23(5)31(19-25-10-7-21(3)17-22(25)4)26-13-15-30(16-14-26)28(6,32)33;1-3(2)4(5,6)7/h7-12,17,20,26,29,32-33H,5,13-16,18-19H2,1-4,6H3;1H2,2H3. The zero-order valence-electron chi connectivity index (χ0n) is 25.2. The summed E-state index contributed by atoms with van der Waals surface area (Å²) in [5, 5.41) is 23.5. The van der Waals surface area contributed by atoms with Crippen LogP contribution in [0.25, 0.3) is 0 Å². The number of piperidine rings is 1. The number of rotatable bonds is 10. The molecule has 0 amide bonds. The monoisotopic (exact) mass is 577 g/mol. The predicted octanol–water partition coefficient (Wildman–Crippen LogP) is 6.40. The van der Waals surface area contributed by atoms with Gasteiger partial charge in [-0.2, -0.15) is 13.2 Å². The second-order valence-corrected chi connectivity index (χ2v) is 11.1. The molecule has 9 heteroatoms. The van der Waals surface area contributed by atoms with Crippen LogP contribution in [0.15, 0.2) is 67.0 Å². The first kappa shape index (κ1) is 34.2. The van der Waals surface area contributed by atoms with Crippen molar-refractivity contribution in [1.29, 1.82) is 0 Å². The Morgan fingerprint density at radius 2 is 1.63 bits per heavy atom. The summed E-state index contributed by atoms with van der Waals surface area (Å²) >= 11 is 0. The van der Waals surface area contributed by atoms with Crippen LogP contribution >= 0.6 is 0 Å². The highest BCUT2D eigenvalue weighted by molar-refractivity contribution is 5.31. The lowest BCUT2D eigenvalue weighted by Gasteiger charge is -2.43. The molecule has 0 saturated carbocycles. The first-order chi connectivity index (χ1) is 19.0. The number of nitrogens with zero attached hydrogens (tertiary/aromatic N) is 2. The van der Waals surface area contributed by atoms with Crippen LogP contribution in [-0.2, 0) is 13.1 Å². The van der Waals surface area contributed by atoms with Crippen molar-refractivity contribution in [2.45, 2.75) is 91.7 Å². The Bertz CT molecular complexity index is 1130. The van der Waals surface area contributed by atoms with Crippen molar-refractivity contribution in [3.05, 3.63) is 89.3 Å². The van der Waals surface area contributed by atoms with E-state index in [-0.39, 0.29) is 12.1 Å². The Balaban J connectivity index is 0.000000745. The van der Waals surface area contributed by atoms with Crippen LogP contribution in [0.5, 0.6) is 5.75 Å². The second-order valence-electron chi connectivity index (χ2n) is 11.1. The van der Waals surface area contributed by atoms with Gasteiger partial charge < -0.3 is 25.2 Å². The second kappa shape index (κ2) is 14.8. The summed E-state index contributed by atoms with van der Waals surface area (Å²) in [5.74, 6) is -0.0124. The normalized spacial score (nSPS) is 14.7. The van der Waals surface area contributed by atoms with Crippen molar-refractivity contribution in [1.82, 2.24) is 15.1 Å². The van der Waals surface area contributed by atoms with Crippen LogP contribution < -0.4 is 10.1 Å². The number of benzene rings is 2. The number of alkyl halides is 3. The zero-order valence-corrected chi connectivity index (χ0v) is 25.2. The molecule has 228 valence electrons. The number of nitrogens with one attached hydrogen (secondary N) is 1. The van der Waals surface area contributed by atoms with Gasteiger partial charge in [-0.25, -0.2) is 0 Å². The highest BCUT2D eigenvalue weighted by Crippen LogP contribution is 2.26. The van der Waals surface area contributed by atoms with Gasteiger partial charge in [0.05, 0.1) is 11.9 Å². The number of likely N-dealkylation sites (tertiary alicyclic amines) is 1. The molecule has 1 aliphatic rings. The Morgan fingerprint density at radius 1 is 1.07 bits per heavy atom. The first-order valence-corrected chi connectivity index (χ1v) is 13.9. The van der Waals surface area contributed by atoms with Gasteiger partial charge in [0.2, 0.25) is 5.91 Å². The summed E-state index contributed by atoms with van der Waals surface area (Å²) in [4.78, 5) is 4.06. The molecule has 0 unspecified atom stereocenters. The number of aliphatic hydroxyl groups is 2. The van der Waals surface area contributed by atoms with Crippen molar-refractivity contribution in [2.75, 3.05) is 13.1 Å². The average molecular weight is 578 g/mol. The third-order valence-electron chi connectivity index (χ3n) is 6.97. The minimum atomic E-state index is -4.19. The highest BCUT2D eigenvalue weighted by atomic mass is 19.4. The fourth-order valence-electron chi connectivity index (χ4n) is 4.52. The van der Waals surface area contributed by atoms with Crippen molar-refractivity contribution in [3.63, 3.8) is 0 Å². The summed E-state index contributed by atoms with van der Waals surface area (Å²) in [6, 6.07) is 15.0. The van der Waals surface area contributed by atoms with E-state index in [2.05, 4.69) is 67.6 Å². The van der Waals surface area contributed by atoms with Crippen LogP contribution in [0.1, 0.15) is 62.8 Å². The van der Waals surface area contributed by atoms with E-state index >= 15 is 0 Å². The number of hydrogen-bond donors (Lipinski definition) is 3. The molecular formula is C32H46F3N3O3. The number of aryl methyl sites for hydroxylation is 2. The maximum atomic E-state index is 11.1. The average Bonchev–Trinajstić information content (AvgIpc) is 2.87. The van der Waals surface area contributed by atoms with Crippen molar-refractivity contribution < 1.29 is 28.1 Å². The molecule has 1 heterocycles. The lowest BCUT2D eigenvalue weighted by atomic mass is 10.00. The SMILES string of the molecule is C=C(C)C(F)(F)F.C=C(NCc1ccc(OC(C)C)cc1)N(Cc1ccc(C)cc1C)C1CCN(C(C)(O)O)CC1. The molecule has 1 aliphatic heterocycles. The topological polar surface area (TPSA) is 68.2 Å². The molecule has 0 atom stereocenters. The fourth-order valence-corrected chi connectivity index (χ4v) is 4.52. The molecule has 0 spiro atoms. The van der Waals surface area contributed by atoms with E-state index in [1.54, 1.807) is 4.90 Å². The first-order valence-electron chi connectivity index (χ1n) is 13.9. The Kier molecular flexibility index (Phi) is 12.3.